The minimum atomic E-state index is 0.0312. The molecule has 0 unspecified atom stereocenters. The average molecular weight is 374 g/mol. The zero-order chi connectivity index (χ0) is 13.7. The predicted molar refractivity (Wildman–Crippen MR) is 84.0 cm³/mol. The van der Waals surface area contributed by atoms with Crippen LogP contribution in [0, 0.1) is 9.49 Å². The molecule has 0 spiro atoms. The molecule has 104 valence electrons. The van der Waals surface area contributed by atoms with Gasteiger partial charge in [-0.3, -0.25) is 9.69 Å². The SMILES string of the molecule is O=C(CN1CCC(CO)CC1)Nc1ccc(I)cc1. The number of hydrogen-bond acceptors (Lipinski definition) is 3. The van der Waals surface area contributed by atoms with Crippen LogP contribution in [0.1, 0.15) is 12.8 Å². The molecule has 1 fully saturated rings. The van der Waals surface area contributed by atoms with E-state index in [2.05, 4.69) is 32.8 Å². The smallest absolute Gasteiger partial charge is 0.238 e. The van der Waals surface area contributed by atoms with Gasteiger partial charge in [-0.05, 0) is 78.7 Å². The number of hydrogen-bond donors (Lipinski definition) is 2. The molecule has 1 saturated heterocycles. The molecule has 1 aliphatic heterocycles. The third-order valence-electron chi connectivity index (χ3n) is 3.46. The van der Waals surface area contributed by atoms with Crippen LogP contribution >= 0.6 is 22.6 Å². The van der Waals surface area contributed by atoms with E-state index in [1.54, 1.807) is 0 Å². The van der Waals surface area contributed by atoms with Crippen LogP contribution in [0.4, 0.5) is 5.69 Å². The maximum Gasteiger partial charge on any atom is 0.238 e. The molecular weight excluding hydrogens is 355 g/mol. The van der Waals surface area contributed by atoms with E-state index >= 15 is 0 Å². The summed E-state index contributed by atoms with van der Waals surface area (Å²) in [5.74, 6) is 0.444. The Labute approximate surface area is 127 Å². The molecule has 2 rings (SSSR count). The van der Waals surface area contributed by atoms with E-state index in [-0.39, 0.29) is 12.5 Å². The number of anilines is 1. The number of carbonyl (C=O) groups is 1. The summed E-state index contributed by atoms with van der Waals surface area (Å²) < 4.78 is 1.15. The van der Waals surface area contributed by atoms with E-state index in [1.807, 2.05) is 24.3 Å². The van der Waals surface area contributed by atoms with Crippen molar-refractivity contribution in [3.63, 3.8) is 0 Å². The Hall–Kier alpha value is -0.660. The fourth-order valence-corrected chi connectivity index (χ4v) is 2.62. The zero-order valence-corrected chi connectivity index (χ0v) is 13.0. The number of nitrogens with zero attached hydrogens (tertiary/aromatic N) is 1. The monoisotopic (exact) mass is 374 g/mol. The highest BCUT2D eigenvalue weighted by molar-refractivity contribution is 14.1. The minimum Gasteiger partial charge on any atom is -0.396 e. The first-order chi connectivity index (χ1) is 9.17. The summed E-state index contributed by atoms with van der Waals surface area (Å²) in [4.78, 5) is 14.1. The highest BCUT2D eigenvalue weighted by Crippen LogP contribution is 2.16. The maximum absolute atomic E-state index is 11.9. The lowest BCUT2D eigenvalue weighted by Crippen LogP contribution is -2.39. The standard InChI is InChI=1S/C14H19IN2O2/c15-12-1-3-13(4-2-12)16-14(19)9-17-7-5-11(10-18)6-8-17/h1-4,11,18H,5-10H2,(H,16,19). The zero-order valence-electron chi connectivity index (χ0n) is 10.8. The Balaban J connectivity index is 1.77. The molecule has 19 heavy (non-hydrogen) atoms. The third-order valence-corrected chi connectivity index (χ3v) is 4.18. The van der Waals surface area contributed by atoms with Crippen LogP contribution in [-0.2, 0) is 4.79 Å². The Morgan fingerprint density at radius 1 is 1.32 bits per heavy atom. The van der Waals surface area contributed by atoms with Crippen molar-refractivity contribution >= 4 is 34.2 Å². The van der Waals surface area contributed by atoms with Crippen LogP contribution in [0.25, 0.3) is 0 Å². The van der Waals surface area contributed by atoms with Crippen molar-refractivity contribution < 1.29 is 9.90 Å². The van der Waals surface area contributed by atoms with Crippen LogP contribution in [0.2, 0.25) is 0 Å². The molecule has 0 saturated carbocycles. The fraction of sp³-hybridized carbons (Fsp3) is 0.500. The molecule has 1 aromatic carbocycles. The van der Waals surface area contributed by atoms with E-state index in [4.69, 9.17) is 5.11 Å². The molecule has 0 atom stereocenters. The van der Waals surface area contributed by atoms with Gasteiger partial charge in [-0.25, -0.2) is 0 Å². The largest absolute Gasteiger partial charge is 0.396 e. The van der Waals surface area contributed by atoms with Gasteiger partial charge in [0.15, 0.2) is 0 Å². The van der Waals surface area contributed by atoms with E-state index in [9.17, 15) is 4.79 Å². The summed E-state index contributed by atoms with van der Waals surface area (Å²) in [6.07, 6.45) is 1.96. The Morgan fingerprint density at radius 3 is 2.53 bits per heavy atom. The summed E-state index contributed by atoms with van der Waals surface area (Å²) in [6, 6.07) is 7.78. The lowest BCUT2D eigenvalue weighted by molar-refractivity contribution is -0.117. The summed E-state index contributed by atoms with van der Waals surface area (Å²) in [7, 11) is 0. The van der Waals surface area contributed by atoms with Gasteiger partial charge in [-0.2, -0.15) is 0 Å². The van der Waals surface area contributed by atoms with Gasteiger partial charge in [0.1, 0.15) is 0 Å². The van der Waals surface area contributed by atoms with Crippen LogP contribution in [-0.4, -0.2) is 42.2 Å². The maximum atomic E-state index is 11.9. The normalized spacial score (nSPS) is 17.4. The summed E-state index contributed by atoms with van der Waals surface area (Å²) in [5.41, 5.74) is 0.843. The number of piperidine rings is 1. The Bertz CT molecular complexity index is 414. The molecule has 2 N–H and O–H groups in total. The van der Waals surface area contributed by atoms with Crippen molar-refractivity contribution in [3.8, 4) is 0 Å². The number of likely N-dealkylation sites (tertiary alicyclic amines) is 1. The van der Waals surface area contributed by atoms with Crippen molar-refractivity contribution in [3.05, 3.63) is 27.8 Å². The second kappa shape index (κ2) is 7.21. The first-order valence-electron chi connectivity index (χ1n) is 6.56. The minimum absolute atomic E-state index is 0.0312. The summed E-state index contributed by atoms with van der Waals surface area (Å²) >= 11 is 2.24. The van der Waals surface area contributed by atoms with Crippen molar-refractivity contribution in [2.24, 2.45) is 5.92 Å². The van der Waals surface area contributed by atoms with Crippen molar-refractivity contribution in [1.29, 1.82) is 0 Å². The third kappa shape index (κ3) is 4.74. The fourth-order valence-electron chi connectivity index (χ4n) is 2.26. The molecule has 1 aromatic rings. The van der Waals surface area contributed by atoms with E-state index in [1.165, 1.54) is 0 Å². The number of rotatable bonds is 4. The first kappa shape index (κ1) is 14.7. The second-order valence-electron chi connectivity index (χ2n) is 4.96. The Morgan fingerprint density at radius 2 is 1.95 bits per heavy atom. The summed E-state index contributed by atoms with van der Waals surface area (Å²) in [6.45, 7) is 2.49. The van der Waals surface area contributed by atoms with E-state index < -0.39 is 0 Å². The second-order valence-corrected chi connectivity index (χ2v) is 6.20. The molecule has 1 heterocycles. The topological polar surface area (TPSA) is 52.6 Å². The van der Waals surface area contributed by atoms with Gasteiger partial charge in [0.25, 0.3) is 0 Å². The number of halogens is 1. The molecule has 0 bridgehead atoms. The molecule has 0 aromatic heterocycles. The lowest BCUT2D eigenvalue weighted by Gasteiger charge is -2.30. The van der Waals surface area contributed by atoms with Crippen molar-refractivity contribution in [2.75, 3.05) is 31.6 Å². The Kier molecular flexibility index (Phi) is 5.59. The molecule has 0 aliphatic carbocycles. The highest BCUT2D eigenvalue weighted by atomic mass is 127. The van der Waals surface area contributed by atoms with Crippen LogP contribution in [0.15, 0.2) is 24.3 Å². The van der Waals surface area contributed by atoms with Crippen LogP contribution < -0.4 is 5.32 Å². The van der Waals surface area contributed by atoms with E-state index in [0.29, 0.717) is 12.5 Å². The van der Waals surface area contributed by atoms with Gasteiger partial charge in [-0.15, -0.1) is 0 Å². The van der Waals surface area contributed by atoms with Gasteiger partial charge >= 0.3 is 0 Å². The van der Waals surface area contributed by atoms with E-state index in [0.717, 1.165) is 35.2 Å². The molecule has 1 amide bonds. The number of aliphatic hydroxyl groups is 1. The molecule has 1 aliphatic rings. The van der Waals surface area contributed by atoms with Gasteiger partial charge in [0.2, 0.25) is 5.91 Å². The van der Waals surface area contributed by atoms with Gasteiger partial charge < -0.3 is 10.4 Å². The quantitative estimate of drug-likeness (QED) is 0.793. The first-order valence-corrected chi connectivity index (χ1v) is 7.64. The lowest BCUT2D eigenvalue weighted by atomic mass is 9.98. The molecule has 4 nitrogen and oxygen atoms in total. The van der Waals surface area contributed by atoms with Gasteiger partial charge in [0, 0.05) is 15.9 Å². The number of benzene rings is 1. The molecular formula is C14H19IN2O2. The van der Waals surface area contributed by atoms with Crippen LogP contribution in [0.5, 0.6) is 0 Å². The molecule has 5 heteroatoms. The van der Waals surface area contributed by atoms with Crippen molar-refractivity contribution in [2.45, 2.75) is 12.8 Å². The number of carbonyl (C=O) groups excluding carboxylic acids is 1. The summed E-state index contributed by atoms with van der Waals surface area (Å²) in [5, 5.41) is 12.0. The van der Waals surface area contributed by atoms with Gasteiger partial charge in [0.05, 0.1) is 6.54 Å². The van der Waals surface area contributed by atoms with Gasteiger partial charge in [-0.1, -0.05) is 0 Å². The predicted octanol–water partition coefficient (Wildman–Crippen LogP) is 1.93. The van der Waals surface area contributed by atoms with Crippen LogP contribution in [0.3, 0.4) is 0 Å². The van der Waals surface area contributed by atoms with Crippen molar-refractivity contribution in [1.82, 2.24) is 4.90 Å². The highest BCUT2D eigenvalue weighted by Gasteiger charge is 2.20. The number of aliphatic hydroxyl groups excluding tert-OH is 1. The average Bonchev–Trinajstić information content (AvgIpc) is 2.42. The number of amides is 1. The number of nitrogens with one attached hydrogen (secondary N) is 1. The molecule has 0 radical (unpaired) electrons.